The quantitative estimate of drug-likeness (QED) is 0.364. The number of hydrogen-bond acceptors (Lipinski definition) is 4. The number of nitro benzene ring substituents is 1. The summed E-state index contributed by atoms with van der Waals surface area (Å²) in [6.07, 6.45) is 2.01. The fourth-order valence-electron chi connectivity index (χ4n) is 1.56. The monoisotopic (exact) mass is 297 g/mol. The summed E-state index contributed by atoms with van der Waals surface area (Å²) in [5.74, 6) is -0.401. The number of carbonyl (C=O) groups excluding carboxylic acids is 1. The first-order chi connectivity index (χ1) is 8.08. The highest BCUT2D eigenvalue weighted by atomic mass is 79.9. The van der Waals surface area contributed by atoms with Crippen molar-refractivity contribution < 1.29 is 14.5 Å². The molecule has 1 fully saturated rings. The molecule has 0 amide bonds. The first-order valence-electron chi connectivity index (χ1n) is 4.89. The van der Waals surface area contributed by atoms with Crippen molar-refractivity contribution in [2.45, 2.75) is 6.42 Å². The van der Waals surface area contributed by atoms with Crippen LogP contribution in [0.5, 0.6) is 0 Å². The second-order valence-corrected chi connectivity index (χ2v) is 4.43. The molecule has 1 aliphatic heterocycles. The molecule has 0 aromatic heterocycles. The van der Waals surface area contributed by atoms with Gasteiger partial charge in [0.15, 0.2) is 0 Å². The Morgan fingerprint density at radius 2 is 2.24 bits per heavy atom. The lowest BCUT2D eigenvalue weighted by molar-refractivity contribution is -0.385. The van der Waals surface area contributed by atoms with Crippen molar-refractivity contribution in [2.24, 2.45) is 0 Å². The molecule has 5 nitrogen and oxygen atoms in total. The lowest BCUT2D eigenvalue weighted by Crippen LogP contribution is -1.96. The summed E-state index contributed by atoms with van der Waals surface area (Å²) in [4.78, 5) is 21.7. The number of nitro groups is 1. The molecule has 0 atom stereocenters. The van der Waals surface area contributed by atoms with Crippen LogP contribution in [0.3, 0.4) is 0 Å². The zero-order valence-electron chi connectivity index (χ0n) is 8.68. The van der Waals surface area contributed by atoms with Gasteiger partial charge in [-0.3, -0.25) is 10.1 Å². The number of esters is 1. The van der Waals surface area contributed by atoms with Crippen molar-refractivity contribution in [3.63, 3.8) is 0 Å². The maximum atomic E-state index is 11.3. The van der Waals surface area contributed by atoms with Crippen LogP contribution in [-0.2, 0) is 9.53 Å². The highest BCUT2D eigenvalue weighted by molar-refractivity contribution is 9.10. The minimum Gasteiger partial charge on any atom is -0.462 e. The Morgan fingerprint density at radius 3 is 2.82 bits per heavy atom. The van der Waals surface area contributed by atoms with E-state index in [1.807, 2.05) is 0 Å². The summed E-state index contributed by atoms with van der Waals surface area (Å²) in [6, 6.07) is 4.70. The van der Waals surface area contributed by atoms with E-state index in [4.69, 9.17) is 4.74 Å². The predicted octanol–water partition coefficient (Wildman–Crippen LogP) is 2.69. The Morgan fingerprint density at radius 1 is 1.47 bits per heavy atom. The third-order valence-electron chi connectivity index (χ3n) is 2.39. The normalized spacial score (nSPS) is 17.2. The zero-order chi connectivity index (χ0) is 12.4. The van der Waals surface area contributed by atoms with Gasteiger partial charge in [-0.05, 0) is 18.2 Å². The van der Waals surface area contributed by atoms with Gasteiger partial charge in [0.2, 0.25) is 0 Å². The molecule has 0 saturated carbocycles. The standard InChI is InChI=1S/C11H8BrNO4/c12-9-2-1-7(10(6-9)13(15)16)5-8-3-4-17-11(8)14/h1-2,5-6H,3-4H2/b8-5+. The summed E-state index contributed by atoms with van der Waals surface area (Å²) in [5.41, 5.74) is 0.842. The molecule has 1 aromatic carbocycles. The summed E-state index contributed by atoms with van der Waals surface area (Å²) in [5, 5.41) is 10.9. The van der Waals surface area contributed by atoms with Gasteiger partial charge in [-0.1, -0.05) is 15.9 Å². The van der Waals surface area contributed by atoms with Crippen molar-refractivity contribution in [3.05, 3.63) is 43.9 Å². The molecular formula is C11H8BrNO4. The van der Waals surface area contributed by atoms with Crippen molar-refractivity contribution in [1.29, 1.82) is 0 Å². The lowest BCUT2D eigenvalue weighted by atomic mass is 10.1. The Bertz CT molecular complexity index is 524. The molecule has 0 N–H and O–H groups in total. The van der Waals surface area contributed by atoms with Crippen LogP contribution in [0.2, 0.25) is 0 Å². The topological polar surface area (TPSA) is 69.4 Å². The van der Waals surface area contributed by atoms with E-state index in [9.17, 15) is 14.9 Å². The van der Waals surface area contributed by atoms with Crippen LogP contribution in [0, 0.1) is 10.1 Å². The van der Waals surface area contributed by atoms with Gasteiger partial charge in [-0.25, -0.2) is 4.79 Å². The highest BCUT2D eigenvalue weighted by Gasteiger charge is 2.21. The number of hydrogen-bond donors (Lipinski definition) is 0. The summed E-state index contributed by atoms with van der Waals surface area (Å²) in [7, 11) is 0. The fourth-order valence-corrected chi connectivity index (χ4v) is 1.91. The summed E-state index contributed by atoms with van der Waals surface area (Å²) < 4.78 is 5.40. The van der Waals surface area contributed by atoms with Gasteiger partial charge in [-0.15, -0.1) is 0 Å². The molecule has 0 spiro atoms. The van der Waals surface area contributed by atoms with E-state index < -0.39 is 10.9 Å². The molecule has 0 bridgehead atoms. The van der Waals surface area contributed by atoms with E-state index in [2.05, 4.69) is 15.9 Å². The maximum Gasteiger partial charge on any atom is 0.334 e. The molecule has 1 aromatic rings. The zero-order valence-corrected chi connectivity index (χ0v) is 10.3. The molecular weight excluding hydrogens is 290 g/mol. The SMILES string of the molecule is O=C1OCC/C1=C\c1ccc(Br)cc1[N+](=O)[O-]. The van der Waals surface area contributed by atoms with E-state index in [1.54, 1.807) is 12.1 Å². The fraction of sp³-hybridized carbons (Fsp3) is 0.182. The first kappa shape index (κ1) is 11.8. The smallest absolute Gasteiger partial charge is 0.334 e. The number of halogens is 1. The van der Waals surface area contributed by atoms with Gasteiger partial charge < -0.3 is 4.74 Å². The van der Waals surface area contributed by atoms with Gasteiger partial charge in [0, 0.05) is 22.5 Å². The van der Waals surface area contributed by atoms with Gasteiger partial charge >= 0.3 is 5.97 Å². The van der Waals surface area contributed by atoms with Crippen molar-refractivity contribution in [2.75, 3.05) is 6.61 Å². The molecule has 17 heavy (non-hydrogen) atoms. The van der Waals surface area contributed by atoms with Crippen LogP contribution < -0.4 is 0 Å². The molecule has 6 heteroatoms. The third kappa shape index (κ3) is 2.52. The van der Waals surface area contributed by atoms with E-state index >= 15 is 0 Å². The van der Waals surface area contributed by atoms with E-state index in [1.165, 1.54) is 12.1 Å². The van der Waals surface area contributed by atoms with Gasteiger partial charge in [0.1, 0.15) is 0 Å². The minimum absolute atomic E-state index is 0.0356. The van der Waals surface area contributed by atoms with Crippen molar-refractivity contribution in [1.82, 2.24) is 0 Å². The number of carbonyl (C=O) groups is 1. The highest BCUT2D eigenvalue weighted by Crippen LogP contribution is 2.27. The van der Waals surface area contributed by atoms with Crippen molar-refractivity contribution in [3.8, 4) is 0 Å². The van der Waals surface area contributed by atoms with Crippen molar-refractivity contribution >= 4 is 33.7 Å². The average Bonchev–Trinajstić information content (AvgIpc) is 2.67. The molecule has 0 aliphatic carbocycles. The minimum atomic E-state index is -0.475. The number of cyclic esters (lactones) is 1. The Balaban J connectivity index is 2.45. The van der Waals surface area contributed by atoms with Crippen LogP contribution in [0.1, 0.15) is 12.0 Å². The molecule has 2 rings (SSSR count). The maximum absolute atomic E-state index is 11.3. The molecule has 1 saturated heterocycles. The van der Waals surface area contributed by atoms with Gasteiger partial charge in [0.25, 0.3) is 5.69 Å². The number of benzene rings is 1. The third-order valence-corrected chi connectivity index (χ3v) is 2.88. The second kappa shape index (κ2) is 4.67. The van der Waals surface area contributed by atoms with Crippen LogP contribution in [0.4, 0.5) is 5.69 Å². The van der Waals surface area contributed by atoms with Crippen LogP contribution in [-0.4, -0.2) is 17.5 Å². The second-order valence-electron chi connectivity index (χ2n) is 3.52. The number of ether oxygens (including phenoxy) is 1. The molecule has 1 heterocycles. The van der Waals surface area contributed by atoms with Crippen LogP contribution in [0.25, 0.3) is 6.08 Å². The molecule has 88 valence electrons. The number of nitrogens with zero attached hydrogens (tertiary/aromatic N) is 1. The largest absolute Gasteiger partial charge is 0.462 e. The van der Waals surface area contributed by atoms with E-state index in [-0.39, 0.29) is 5.69 Å². The average molecular weight is 298 g/mol. The predicted molar refractivity (Wildman–Crippen MR) is 64.3 cm³/mol. The number of rotatable bonds is 2. The lowest BCUT2D eigenvalue weighted by Gasteiger charge is -1.99. The Hall–Kier alpha value is -1.69. The Labute approximate surface area is 105 Å². The van der Waals surface area contributed by atoms with Gasteiger partial charge in [-0.2, -0.15) is 0 Å². The Kier molecular flexibility index (Phi) is 3.23. The summed E-state index contributed by atoms with van der Waals surface area (Å²) >= 11 is 3.17. The van der Waals surface area contributed by atoms with E-state index in [0.29, 0.717) is 28.6 Å². The molecule has 1 aliphatic rings. The molecule has 0 unspecified atom stereocenters. The van der Waals surface area contributed by atoms with Crippen LogP contribution in [0.15, 0.2) is 28.2 Å². The summed E-state index contributed by atoms with van der Waals surface area (Å²) in [6.45, 7) is 0.342. The van der Waals surface area contributed by atoms with E-state index in [0.717, 1.165) is 0 Å². The van der Waals surface area contributed by atoms with Crippen LogP contribution >= 0.6 is 15.9 Å². The first-order valence-corrected chi connectivity index (χ1v) is 5.69. The van der Waals surface area contributed by atoms with Gasteiger partial charge in [0.05, 0.1) is 17.1 Å². The molecule has 0 radical (unpaired) electrons.